The number of hydrogen-bond acceptors (Lipinski definition) is 0. The van der Waals surface area contributed by atoms with E-state index in [-0.39, 0.29) is 17.4 Å². The SMILES string of the molecule is CC(C)(C)c1cc(C[O])cc(C(C)(C)C)c1. The fourth-order valence-electron chi connectivity index (χ4n) is 1.64. The van der Waals surface area contributed by atoms with Crippen molar-refractivity contribution in [3.05, 3.63) is 34.9 Å². The summed E-state index contributed by atoms with van der Waals surface area (Å²) in [6, 6.07) is 6.32. The van der Waals surface area contributed by atoms with Gasteiger partial charge in [-0.2, -0.15) is 0 Å². The molecule has 0 saturated heterocycles. The van der Waals surface area contributed by atoms with Gasteiger partial charge in [0.2, 0.25) is 0 Å². The number of benzene rings is 1. The van der Waals surface area contributed by atoms with Crippen LogP contribution in [0.1, 0.15) is 58.2 Å². The third-order valence-electron chi connectivity index (χ3n) is 2.89. The van der Waals surface area contributed by atoms with E-state index in [1.165, 1.54) is 11.1 Å². The Balaban J connectivity index is 3.33. The third-order valence-corrected chi connectivity index (χ3v) is 2.89. The molecular formula is C15H23O. The van der Waals surface area contributed by atoms with Crippen molar-refractivity contribution in [2.75, 3.05) is 0 Å². The standard InChI is InChI=1S/C15H23O/c1-14(2,3)12-7-11(10-16)8-13(9-12)15(4,5)6/h7-9H,10H2,1-6H3. The summed E-state index contributed by atoms with van der Waals surface area (Å²) < 4.78 is 0. The van der Waals surface area contributed by atoms with Crippen molar-refractivity contribution < 1.29 is 5.11 Å². The molecule has 16 heavy (non-hydrogen) atoms. The lowest BCUT2D eigenvalue weighted by Crippen LogP contribution is -2.17. The van der Waals surface area contributed by atoms with Crippen LogP contribution in [0.5, 0.6) is 0 Å². The summed E-state index contributed by atoms with van der Waals surface area (Å²) in [5, 5.41) is 11.1. The Morgan fingerprint density at radius 3 is 1.44 bits per heavy atom. The molecule has 0 unspecified atom stereocenters. The first kappa shape index (κ1) is 13.2. The summed E-state index contributed by atoms with van der Waals surface area (Å²) in [7, 11) is 0. The second-order valence-electron chi connectivity index (χ2n) is 6.56. The molecular weight excluding hydrogens is 196 g/mol. The Bertz CT molecular complexity index is 332. The predicted octanol–water partition coefficient (Wildman–Crippen LogP) is 4.21. The highest BCUT2D eigenvalue weighted by Crippen LogP contribution is 2.30. The van der Waals surface area contributed by atoms with E-state index >= 15 is 0 Å². The van der Waals surface area contributed by atoms with E-state index in [0.717, 1.165) is 5.56 Å². The molecule has 0 heterocycles. The average molecular weight is 219 g/mol. The van der Waals surface area contributed by atoms with Crippen molar-refractivity contribution in [2.24, 2.45) is 0 Å². The van der Waals surface area contributed by atoms with Crippen LogP contribution in [0.2, 0.25) is 0 Å². The highest BCUT2D eigenvalue weighted by atomic mass is 16.3. The Hall–Kier alpha value is -0.820. The van der Waals surface area contributed by atoms with Gasteiger partial charge in [-0.3, -0.25) is 0 Å². The van der Waals surface area contributed by atoms with Crippen molar-refractivity contribution in [3.63, 3.8) is 0 Å². The molecule has 1 rings (SSSR count). The molecule has 0 amide bonds. The summed E-state index contributed by atoms with van der Waals surface area (Å²) in [5.74, 6) is 0. The molecule has 0 spiro atoms. The van der Waals surface area contributed by atoms with Crippen molar-refractivity contribution >= 4 is 0 Å². The summed E-state index contributed by atoms with van der Waals surface area (Å²) in [6.07, 6.45) is 0. The van der Waals surface area contributed by atoms with E-state index in [1.54, 1.807) is 0 Å². The molecule has 0 atom stereocenters. The Labute approximate surface area is 99.5 Å². The molecule has 1 nitrogen and oxygen atoms in total. The molecule has 1 aromatic carbocycles. The lowest BCUT2D eigenvalue weighted by molar-refractivity contribution is 0.177. The smallest absolute Gasteiger partial charge is 0.107 e. The first-order valence-electron chi connectivity index (χ1n) is 5.87. The molecule has 1 heteroatoms. The molecule has 0 aliphatic carbocycles. The van der Waals surface area contributed by atoms with E-state index in [2.05, 4.69) is 47.6 Å². The van der Waals surface area contributed by atoms with E-state index in [9.17, 15) is 5.11 Å². The van der Waals surface area contributed by atoms with Crippen LogP contribution in [0.15, 0.2) is 18.2 Å². The highest BCUT2D eigenvalue weighted by Gasteiger charge is 2.20. The van der Waals surface area contributed by atoms with Crippen LogP contribution < -0.4 is 0 Å². The van der Waals surface area contributed by atoms with Crippen molar-refractivity contribution in [2.45, 2.75) is 59.0 Å². The van der Waals surface area contributed by atoms with E-state index in [4.69, 9.17) is 0 Å². The third kappa shape index (κ3) is 3.08. The van der Waals surface area contributed by atoms with E-state index in [0.29, 0.717) is 0 Å². The minimum absolute atomic E-state index is 0.102. The average Bonchev–Trinajstić information content (AvgIpc) is 2.14. The molecule has 0 fully saturated rings. The molecule has 0 saturated carbocycles. The molecule has 0 bridgehead atoms. The second-order valence-corrected chi connectivity index (χ2v) is 6.56. The van der Waals surface area contributed by atoms with Gasteiger partial charge in [-0.05, 0) is 27.5 Å². The van der Waals surface area contributed by atoms with Gasteiger partial charge in [0, 0.05) is 0 Å². The minimum atomic E-state index is -0.132. The summed E-state index contributed by atoms with van der Waals surface area (Å²) in [6.45, 7) is 13.0. The maximum Gasteiger partial charge on any atom is 0.107 e. The van der Waals surface area contributed by atoms with Gasteiger partial charge in [0.15, 0.2) is 0 Å². The van der Waals surface area contributed by atoms with Gasteiger partial charge in [0.25, 0.3) is 0 Å². The van der Waals surface area contributed by atoms with Gasteiger partial charge < -0.3 is 0 Å². The first-order valence-corrected chi connectivity index (χ1v) is 5.87. The predicted molar refractivity (Wildman–Crippen MR) is 68.2 cm³/mol. The molecule has 0 N–H and O–H groups in total. The van der Waals surface area contributed by atoms with Crippen LogP contribution in [0.3, 0.4) is 0 Å². The second kappa shape index (κ2) is 4.21. The Kier molecular flexibility index (Phi) is 3.49. The lowest BCUT2D eigenvalue weighted by atomic mass is 9.79. The fraction of sp³-hybridized carbons (Fsp3) is 0.600. The van der Waals surface area contributed by atoms with Crippen molar-refractivity contribution in [1.29, 1.82) is 0 Å². The summed E-state index contributed by atoms with van der Waals surface area (Å²) >= 11 is 0. The number of rotatable bonds is 1. The zero-order chi connectivity index (χ0) is 12.6. The molecule has 89 valence electrons. The quantitative estimate of drug-likeness (QED) is 0.674. The Morgan fingerprint density at radius 2 is 1.19 bits per heavy atom. The van der Waals surface area contributed by atoms with Crippen LogP contribution >= 0.6 is 0 Å². The zero-order valence-electron chi connectivity index (χ0n) is 11.3. The van der Waals surface area contributed by atoms with Gasteiger partial charge in [-0.25, -0.2) is 5.11 Å². The van der Waals surface area contributed by atoms with Crippen molar-refractivity contribution in [1.82, 2.24) is 0 Å². The Morgan fingerprint density at radius 1 is 0.812 bits per heavy atom. The van der Waals surface area contributed by atoms with Crippen LogP contribution in [-0.4, -0.2) is 0 Å². The van der Waals surface area contributed by atoms with Crippen LogP contribution in [-0.2, 0) is 22.5 Å². The van der Waals surface area contributed by atoms with Crippen LogP contribution in [0.4, 0.5) is 0 Å². The molecule has 1 radical (unpaired) electrons. The van der Waals surface area contributed by atoms with Gasteiger partial charge in [0.05, 0.1) is 0 Å². The minimum Gasteiger partial charge on any atom is -0.232 e. The molecule has 0 aliphatic rings. The zero-order valence-corrected chi connectivity index (χ0v) is 11.3. The lowest BCUT2D eigenvalue weighted by Gasteiger charge is -2.25. The molecule has 0 aliphatic heterocycles. The van der Waals surface area contributed by atoms with E-state index in [1.807, 2.05) is 12.1 Å². The normalized spacial score (nSPS) is 12.9. The fourth-order valence-corrected chi connectivity index (χ4v) is 1.64. The largest absolute Gasteiger partial charge is 0.232 e. The van der Waals surface area contributed by atoms with Gasteiger partial charge in [-0.15, -0.1) is 0 Å². The molecule has 1 aromatic rings. The summed E-state index contributed by atoms with van der Waals surface area (Å²) in [4.78, 5) is 0. The van der Waals surface area contributed by atoms with Gasteiger partial charge in [0.1, 0.15) is 6.61 Å². The topological polar surface area (TPSA) is 19.9 Å². The maximum absolute atomic E-state index is 11.1. The van der Waals surface area contributed by atoms with Gasteiger partial charge in [-0.1, -0.05) is 59.7 Å². The first-order chi connectivity index (χ1) is 7.14. The highest BCUT2D eigenvalue weighted by molar-refractivity contribution is 5.37. The monoisotopic (exact) mass is 219 g/mol. The summed E-state index contributed by atoms with van der Waals surface area (Å²) in [5.41, 5.74) is 3.62. The van der Waals surface area contributed by atoms with Crippen LogP contribution in [0.25, 0.3) is 0 Å². The van der Waals surface area contributed by atoms with Crippen molar-refractivity contribution in [3.8, 4) is 0 Å². The maximum atomic E-state index is 11.1. The van der Waals surface area contributed by atoms with Gasteiger partial charge >= 0.3 is 0 Å². The van der Waals surface area contributed by atoms with Crippen LogP contribution in [0, 0.1) is 0 Å². The molecule has 0 aromatic heterocycles. The van der Waals surface area contributed by atoms with E-state index < -0.39 is 0 Å². The number of hydrogen-bond donors (Lipinski definition) is 0.